The van der Waals surface area contributed by atoms with E-state index in [4.69, 9.17) is 5.73 Å². The highest BCUT2D eigenvalue weighted by atomic mass is 15.0. The predicted molar refractivity (Wildman–Crippen MR) is 60.2 cm³/mol. The second kappa shape index (κ2) is 4.75. The van der Waals surface area contributed by atoms with Crippen LogP contribution >= 0.6 is 0 Å². The van der Waals surface area contributed by atoms with Gasteiger partial charge in [-0.05, 0) is 12.0 Å². The number of benzene rings is 1. The fraction of sp³-hybridized carbons (Fsp3) is 0.250. The highest BCUT2D eigenvalue weighted by molar-refractivity contribution is 5.18. The molecule has 0 saturated heterocycles. The standard InChI is InChI=1S/C12H15N3/c13-12(11-4-2-1-3-5-11)6-8-15-9-7-14-10-15/h1-5,7,9-10,12H,6,8,13H2/t12-/m1/s1. The number of hydrogen-bond donors (Lipinski definition) is 1. The Morgan fingerprint density at radius 1 is 1.27 bits per heavy atom. The first-order valence-corrected chi connectivity index (χ1v) is 5.12. The normalized spacial score (nSPS) is 12.6. The Balaban J connectivity index is 1.90. The average molecular weight is 201 g/mol. The summed E-state index contributed by atoms with van der Waals surface area (Å²) in [6, 6.07) is 10.3. The maximum atomic E-state index is 6.08. The van der Waals surface area contributed by atoms with Crippen LogP contribution < -0.4 is 5.73 Å². The van der Waals surface area contributed by atoms with Crippen LogP contribution in [0.2, 0.25) is 0 Å². The largest absolute Gasteiger partial charge is 0.337 e. The average Bonchev–Trinajstić information content (AvgIpc) is 2.80. The molecular weight excluding hydrogens is 186 g/mol. The monoisotopic (exact) mass is 201 g/mol. The Hall–Kier alpha value is -1.61. The third-order valence-corrected chi connectivity index (χ3v) is 2.49. The van der Waals surface area contributed by atoms with E-state index in [0.717, 1.165) is 13.0 Å². The zero-order chi connectivity index (χ0) is 10.5. The van der Waals surface area contributed by atoms with Crippen molar-refractivity contribution >= 4 is 0 Å². The Morgan fingerprint density at radius 3 is 2.73 bits per heavy atom. The quantitative estimate of drug-likeness (QED) is 0.822. The van der Waals surface area contributed by atoms with Crippen molar-refractivity contribution in [1.29, 1.82) is 0 Å². The first-order chi connectivity index (χ1) is 7.36. The lowest BCUT2D eigenvalue weighted by Gasteiger charge is -2.11. The van der Waals surface area contributed by atoms with Gasteiger partial charge in [0.2, 0.25) is 0 Å². The van der Waals surface area contributed by atoms with Crippen LogP contribution in [-0.2, 0) is 6.54 Å². The van der Waals surface area contributed by atoms with Gasteiger partial charge in [-0.25, -0.2) is 4.98 Å². The number of aryl methyl sites for hydroxylation is 1. The minimum Gasteiger partial charge on any atom is -0.337 e. The zero-order valence-corrected chi connectivity index (χ0v) is 8.58. The first kappa shape index (κ1) is 9.93. The fourth-order valence-corrected chi connectivity index (χ4v) is 1.57. The molecule has 0 aliphatic carbocycles. The van der Waals surface area contributed by atoms with Crippen LogP contribution in [0.5, 0.6) is 0 Å². The molecule has 0 radical (unpaired) electrons. The molecule has 0 saturated carbocycles. The Labute approximate surface area is 89.6 Å². The second-order valence-corrected chi connectivity index (χ2v) is 3.61. The highest BCUT2D eigenvalue weighted by Gasteiger charge is 2.04. The predicted octanol–water partition coefficient (Wildman–Crippen LogP) is 1.97. The van der Waals surface area contributed by atoms with Gasteiger partial charge in [0.1, 0.15) is 0 Å². The van der Waals surface area contributed by atoms with Crippen molar-refractivity contribution in [3.63, 3.8) is 0 Å². The second-order valence-electron chi connectivity index (χ2n) is 3.61. The molecule has 15 heavy (non-hydrogen) atoms. The van der Waals surface area contributed by atoms with Gasteiger partial charge in [0.15, 0.2) is 0 Å². The van der Waals surface area contributed by atoms with Gasteiger partial charge in [-0.15, -0.1) is 0 Å². The lowest BCUT2D eigenvalue weighted by molar-refractivity contribution is 0.560. The summed E-state index contributed by atoms with van der Waals surface area (Å²) in [5.74, 6) is 0. The van der Waals surface area contributed by atoms with E-state index in [9.17, 15) is 0 Å². The Bertz CT molecular complexity index is 381. The zero-order valence-electron chi connectivity index (χ0n) is 8.58. The molecule has 0 spiro atoms. The summed E-state index contributed by atoms with van der Waals surface area (Å²) in [4.78, 5) is 4.00. The summed E-state index contributed by atoms with van der Waals surface area (Å²) >= 11 is 0. The van der Waals surface area contributed by atoms with E-state index >= 15 is 0 Å². The number of imidazole rings is 1. The number of rotatable bonds is 4. The molecule has 1 aromatic carbocycles. The van der Waals surface area contributed by atoms with Gasteiger partial charge >= 0.3 is 0 Å². The number of aromatic nitrogens is 2. The maximum Gasteiger partial charge on any atom is 0.0945 e. The molecule has 0 unspecified atom stereocenters. The van der Waals surface area contributed by atoms with Gasteiger partial charge in [0.05, 0.1) is 6.33 Å². The third-order valence-electron chi connectivity index (χ3n) is 2.49. The van der Waals surface area contributed by atoms with E-state index in [0.29, 0.717) is 0 Å². The third kappa shape index (κ3) is 2.67. The minimum atomic E-state index is 0.105. The number of nitrogens with zero attached hydrogens (tertiary/aromatic N) is 2. The summed E-state index contributed by atoms with van der Waals surface area (Å²) in [6.07, 6.45) is 6.49. The number of nitrogens with two attached hydrogens (primary N) is 1. The van der Waals surface area contributed by atoms with Crippen molar-refractivity contribution in [2.24, 2.45) is 5.73 Å². The molecule has 3 nitrogen and oxygen atoms in total. The molecular formula is C12H15N3. The summed E-state index contributed by atoms with van der Waals surface area (Å²) in [5.41, 5.74) is 7.27. The molecule has 1 atom stereocenters. The van der Waals surface area contributed by atoms with E-state index < -0.39 is 0 Å². The molecule has 2 N–H and O–H groups in total. The molecule has 0 aliphatic rings. The number of hydrogen-bond acceptors (Lipinski definition) is 2. The molecule has 1 aromatic heterocycles. The molecule has 0 bridgehead atoms. The van der Waals surface area contributed by atoms with Crippen molar-refractivity contribution in [3.05, 3.63) is 54.6 Å². The summed E-state index contributed by atoms with van der Waals surface area (Å²) in [6.45, 7) is 0.913. The van der Waals surface area contributed by atoms with Gasteiger partial charge in [0, 0.05) is 25.0 Å². The van der Waals surface area contributed by atoms with Gasteiger partial charge in [-0.3, -0.25) is 0 Å². The Morgan fingerprint density at radius 2 is 2.07 bits per heavy atom. The van der Waals surface area contributed by atoms with E-state index in [1.807, 2.05) is 35.3 Å². The van der Waals surface area contributed by atoms with Crippen molar-refractivity contribution in [2.75, 3.05) is 0 Å². The van der Waals surface area contributed by atoms with Crippen LogP contribution in [0.4, 0.5) is 0 Å². The SMILES string of the molecule is N[C@H](CCn1ccnc1)c1ccccc1. The van der Waals surface area contributed by atoms with E-state index in [1.54, 1.807) is 6.20 Å². The van der Waals surface area contributed by atoms with Gasteiger partial charge < -0.3 is 10.3 Å². The topological polar surface area (TPSA) is 43.8 Å². The smallest absolute Gasteiger partial charge is 0.0945 e. The molecule has 1 heterocycles. The molecule has 78 valence electrons. The van der Waals surface area contributed by atoms with Crippen LogP contribution in [0.25, 0.3) is 0 Å². The Kier molecular flexibility index (Phi) is 3.15. The van der Waals surface area contributed by atoms with Crippen molar-refractivity contribution in [1.82, 2.24) is 9.55 Å². The highest BCUT2D eigenvalue weighted by Crippen LogP contribution is 2.13. The van der Waals surface area contributed by atoms with Crippen molar-refractivity contribution in [2.45, 2.75) is 19.0 Å². The first-order valence-electron chi connectivity index (χ1n) is 5.12. The fourth-order valence-electron chi connectivity index (χ4n) is 1.57. The summed E-state index contributed by atoms with van der Waals surface area (Å²) in [7, 11) is 0. The van der Waals surface area contributed by atoms with Crippen LogP contribution in [0, 0.1) is 0 Å². The van der Waals surface area contributed by atoms with Crippen LogP contribution in [0.3, 0.4) is 0 Å². The summed E-state index contributed by atoms with van der Waals surface area (Å²) < 4.78 is 2.04. The van der Waals surface area contributed by atoms with Gasteiger partial charge in [-0.1, -0.05) is 30.3 Å². The lowest BCUT2D eigenvalue weighted by Crippen LogP contribution is -2.12. The molecule has 0 aliphatic heterocycles. The summed E-state index contributed by atoms with van der Waals surface area (Å²) in [5, 5.41) is 0. The van der Waals surface area contributed by atoms with E-state index in [1.165, 1.54) is 5.56 Å². The van der Waals surface area contributed by atoms with Gasteiger partial charge in [-0.2, -0.15) is 0 Å². The maximum absolute atomic E-state index is 6.08. The van der Waals surface area contributed by atoms with E-state index in [2.05, 4.69) is 17.1 Å². The molecule has 3 heteroatoms. The molecule has 0 fully saturated rings. The molecule has 0 amide bonds. The molecule has 2 aromatic rings. The van der Waals surface area contributed by atoms with Crippen LogP contribution in [0.15, 0.2) is 49.1 Å². The van der Waals surface area contributed by atoms with Gasteiger partial charge in [0.25, 0.3) is 0 Å². The van der Waals surface area contributed by atoms with Crippen molar-refractivity contribution in [3.8, 4) is 0 Å². The molecule has 2 rings (SSSR count). The lowest BCUT2D eigenvalue weighted by atomic mass is 10.1. The van der Waals surface area contributed by atoms with Crippen LogP contribution in [-0.4, -0.2) is 9.55 Å². The minimum absolute atomic E-state index is 0.105. The van der Waals surface area contributed by atoms with Crippen LogP contribution in [0.1, 0.15) is 18.0 Å². The van der Waals surface area contributed by atoms with Crippen molar-refractivity contribution < 1.29 is 0 Å². The van der Waals surface area contributed by atoms with E-state index in [-0.39, 0.29) is 6.04 Å².